The lowest BCUT2D eigenvalue weighted by Gasteiger charge is -2.35. The van der Waals surface area contributed by atoms with Crippen molar-refractivity contribution in [3.05, 3.63) is 78.1 Å². The summed E-state index contributed by atoms with van der Waals surface area (Å²) < 4.78 is 53.2. The predicted molar refractivity (Wildman–Crippen MR) is 157 cm³/mol. The third-order valence-electron chi connectivity index (χ3n) is 6.88. The Balaban J connectivity index is 0.000000765. The van der Waals surface area contributed by atoms with Gasteiger partial charge in [-0.05, 0) is 68.3 Å². The minimum Gasteiger partial charge on any atom is -0.497 e. The fourth-order valence-electron chi connectivity index (χ4n) is 4.70. The summed E-state index contributed by atoms with van der Waals surface area (Å²) in [7, 11) is -0.858. The van der Waals surface area contributed by atoms with E-state index in [-0.39, 0.29) is 29.0 Å². The molecule has 0 amide bonds. The van der Waals surface area contributed by atoms with E-state index in [2.05, 4.69) is 0 Å². The van der Waals surface area contributed by atoms with Gasteiger partial charge in [-0.3, -0.25) is 9.10 Å². The van der Waals surface area contributed by atoms with Crippen LogP contribution >= 0.6 is 0 Å². The number of benzene rings is 3. The molecule has 0 bridgehead atoms. The second kappa shape index (κ2) is 14.5. The van der Waals surface area contributed by atoms with Crippen molar-refractivity contribution in [3.63, 3.8) is 0 Å². The van der Waals surface area contributed by atoms with Crippen LogP contribution in [0.4, 0.5) is 15.8 Å². The van der Waals surface area contributed by atoms with Crippen molar-refractivity contribution >= 4 is 39.1 Å². The minimum atomic E-state index is -3.93. The van der Waals surface area contributed by atoms with Gasteiger partial charge in [0.05, 0.1) is 25.6 Å². The SMILES string of the molecule is CCN(c1cccc(OC)c1)S(=O)(=O)c1ccc(OC)cc1N1CCC(C(=O)c2ccc(F)cc2)CC1.O=C(O)C(=O)O. The van der Waals surface area contributed by atoms with Gasteiger partial charge >= 0.3 is 11.9 Å². The lowest BCUT2D eigenvalue weighted by atomic mass is 9.88. The number of piperidine rings is 1. The van der Waals surface area contributed by atoms with E-state index < -0.39 is 22.0 Å². The molecule has 4 rings (SSSR count). The number of nitrogens with zero attached hydrogens (tertiary/aromatic N) is 2. The number of ether oxygens (including phenoxy) is 2. The first-order chi connectivity index (χ1) is 20.4. The van der Waals surface area contributed by atoms with Crippen LogP contribution in [0.1, 0.15) is 30.1 Å². The Hall–Kier alpha value is -4.65. The Bertz CT molecular complexity index is 1540. The summed E-state index contributed by atoms with van der Waals surface area (Å²) in [4.78, 5) is 33.3. The molecule has 3 aromatic rings. The van der Waals surface area contributed by atoms with Crippen LogP contribution in [0.3, 0.4) is 0 Å². The molecule has 1 aliphatic rings. The van der Waals surface area contributed by atoms with Gasteiger partial charge in [-0.25, -0.2) is 22.4 Å². The number of rotatable bonds is 9. The van der Waals surface area contributed by atoms with Crippen molar-refractivity contribution in [1.82, 2.24) is 0 Å². The Morgan fingerprint density at radius 3 is 2.02 bits per heavy atom. The summed E-state index contributed by atoms with van der Waals surface area (Å²) in [6.07, 6.45) is 1.11. The van der Waals surface area contributed by atoms with Crippen molar-refractivity contribution in [2.75, 3.05) is 43.1 Å². The zero-order valence-corrected chi connectivity index (χ0v) is 24.7. The number of carboxylic acids is 2. The maximum absolute atomic E-state index is 13.9. The van der Waals surface area contributed by atoms with Crippen LogP contribution in [0.5, 0.6) is 11.5 Å². The van der Waals surface area contributed by atoms with Gasteiger partial charge in [0.1, 0.15) is 22.2 Å². The summed E-state index contributed by atoms with van der Waals surface area (Å²) in [5.74, 6) is -3.15. The Morgan fingerprint density at radius 2 is 1.49 bits per heavy atom. The maximum atomic E-state index is 13.9. The van der Waals surface area contributed by atoms with Gasteiger partial charge in [0.25, 0.3) is 10.0 Å². The van der Waals surface area contributed by atoms with Crippen molar-refractivity contribution < 1.29 is 46.9 Å². The van der Waals surface area contributed by atoms with E-state index in [1.807, 2.05) is 4.90 Å². The molecular weight excluding hydrogens is 583 g/mol. The standard InChI is InChI=1S/C28H31FN2O5S.C2H2O4/c1-4-31(23-6-5-7-24(18-23)35-2)37(33,34)27-13-12-25(36-3)19-26(27)30-16-14-21(15-17-30)28(32)20-8-10-22(29)11-9-20;3-1(4)2(5)6/h5-13,18-19,21H,4,14-17H2,1-3H3;(H,3,4)(H,5,6). The third-order valence-corrected chi connectivity index (χ3v) is 8.83. The lowest BCUT2D eigenvalue weighted by Crippen LogP contribution is -2.38. The average Bonchev–Trinajstić information content (AvgIpc) is 3.01. The highest BCUT2D eigenvalue weighted by Crippen LogP contribution is 2.36. The molecule has 0 atom stereocenters. The first-order valence-electron chi connectivity index (χ1n) is 13.3. The molecule has 1 fully saturated rings. The number of ketones is 1. The largest absolute Gasteiger partial charge is 0.497 e. The highest BCUT2D eigenvalue weighted by Gasteiger charge is 2.32. The van der Waals surface area contributed by atoms with Gasteiger partial charge < -0.3 is 24.6 Å². The molecule has 3 aromatic carbocycles. The number of sulfonamides is 1. The molecule has 0 aromatic heterocycles. The van der Waals surface area contributed by atoms with Gasteiger partial charge in [-0.1, -0.05) is 6.07 Å². The quantitative estimate of drug-likeness (QED) is 0.263. The average molecular weight is 617 g/mol. The monoisotopic (exact) mass is 616 g/mol. The number of anilines is 2. The molecule has 0 radical (unpaired) electrons. The Labute approximate surface area is 249 Å². The van der Waals surface area contributed by atoms with Crippen molar-refractivity contribution in [2.24, 2.45) is 5.92 Å². The second-order valence-corrected chi connectivity index (χ2v) is 11.3. The number of halogens is 1. The first kappa shape index (κ1) is 32.9. The van der Waals surface area contributed by atoms with E-state index in [0.717, 1.165) is 0 Å². The summed E-state index contributed by atoms with van der Waals surface area (Å²) in [5, 5.41) is 14.8. The predicted octanol–water partition coefficient (Wildman–Crippen LogP) is 4.31. The van der Waals surface area contributed by atoms with E-state index in [1.165, 1.54) is 42.8 Å². The van der Waals surface area contributed by atoms with Crippen LogP contribution in [0, 0.1) is 11.7 Å². The molecule has 1 aliphatic heterocycles. The number of carbonyl (C=O) groups excluding carboxylic acids is 1. The summed E-state index contributed by atoms with van der Waals surface area (Å²) in [6.45, 7) is 3.01. The molecule has 0 unspecified atom stereocenters. The van der Waals surface area contributed by atoms with E-state index in [0.29, 0.717) is 54.4 Å². The molecule has 0 aliphatic carbocycles. The molecule has 1 saturated heterocycles. The number of Topliss-reactive ketones (excluding diaryl/α,β-unsaturated/α-hetero) is 1. The molecule has 43 heavy (non-hydrogen) atoms. The Kier molecular flexibility index (Phi) is 11.1. The van der Waals surface area contributed by atoms with Crippen LogP contribution in [-0.4, -0.2) is 70.2 Å². The summed E-state index contributed by atoms with van der Waals surface area (Å²) >= 11 is 0. The zero-order chi connectivity index (χ0) is 31.7. The van der Waals surface area contributed by atoms with Gasteiger partial charge in [0.15, 0.2) is 5.78 Å². The number of carboxylic acid groups (broad SMARTS) is 2. The molecule has 1 heterocycles. The van der Waals surface area contributed by atoms with E-state index in [4.69, 9.17) is 29.3 Å². The zero-order valence-electron chi connectivity index (χ0n) is 23.9. The highest BCUT2D eigenvalue weighted by atomic mass is 32.2. The number of aliphatic carboxylic acids is 2. The maximum Gasteiger partial charge on any atom is 0.414 e. The second-order valence-electron chi connectivity index (χ2n) is 9.45. The Morgan fingerprint density at radius 1 is 0.907 bits per heavy atom. The molecular formula is C30H33FN2O9S. The van der Waals surface area contributed by atoms with Crippen LogP contribution in [0.15, 0.2) is 71.6 Å². The topological polar surface area (TPSA) is 151 Å². The molecule has 230 valence electrons. The number of methoxy groups -OCH3 is 2. The van der Waals surface area contributed by atoms with Gasteiger partial charge in [0, 0.05) is 43.2 Å². The fourth-order valence-corrected chi connectivity index (χ4v) is 6.36. The molecule has 2 N–H and O–H groups in total. The lowest BCUT2D eigenvalue weighted by molar-refractivity contribution is -0.159. The van der Waals surface area contributed by atoms with Crippen molar-refractivity contribution in [2.45, 2.75) is 24.7 Å². The molecule has 13 heteroatoms. The fraction of sp³-hybridized carbons (Fsp3) is 0.300. The van der Waals surface area contributed by atoms with Gasteiger partial charge in [-0.2, -0.15) is 0 Å². The number of hydrogen-bond acceptors (Lipinski definition) is 8. The van der Waals surface area contributed by atoms with Gasteiger partial charge in [0.2, 0.25) is 0 Å². The van der Waals surface area contributed by atoms with Crippen LogP contribution in [-0.2, 0) is 19.6 Å². The van der Waals surface area contributed by atoms with Crippen molar-refractivity contribution in [3.8, 4) is 11.5 Å². The van der Waals surface area contributed by atoms with Gasteiger partial charge in [-0.15, -0.1) is 0 Å². The van der Waals surface area contributed by atoms with E-state index in [1.54, 1.807) is 49.4 Å². The minimum absolute atomic E-state index is 0.0201. The normalized spacial score (nSPS) is 13.3. The molecule has 0 spiro atoms. The third kappa shape index (κ3) is 8.01. The highest BCUT2D eigenvalue weighted by molar-refractivity contribution is 7.93. The number of hydrogen-bond donors (Lipinski definition) is 2. The number of carbonyl (C=O) groups is 3. The summed E-state index contributed by atoms with van der Waals surface area (Å²) in [5.41, 5.74) is 1.53. The smallest absolute Gasteiger partial charge is 0.414 e. The molecule has 11 nitrogen and oxygen atoms in total. The first-order valence-corrected chi connectivity index (χ1v) is 14.7. The van der Waals surface area contributed by atoms with Crippen molar-refractivity contribution in [1.29, 1.82) is 0 Å². The summed E-state index contributed by atoms with van der Waals surface area (Å²) in [6, 6.07) is 17.5. The van der Waals surface area contributed by atoms with Crippen LogP contribution < -0.4 is 18.7 Å². The van der Waals surface area contributed by atoms with Crippen LogP contribution in [0.2, 0.25) is 0 Å². The van der Waals surface area contributed by atoms with E-state index >= 15 is 0 Å². The van der Waals surface area contributed by atoms with Crippen LogP contribution in [0.25, 0.3) is 0 Å². The van der Waals surface area contributed by atoms with E-state index in [9.17, 15) is 17.6 Å². The molecule has 0 saturated carbocycles.